The minimum atomic E-state index is -0.537. The Labute approximate surface area is 126 Å². The van der Waals surface area contributed by atoms with Crippen molar-refractivity contribution in [1.82, 2.24) is 0 Å². The molecule has 110 valence electrons. The van der Waals surface area contributed by atoms with Crippen LogP contribution in [0.15, 0.2) is 42.5 Å². The number of carbonyl (C=O) groups is 1. The number of nitrogens with one attached hydrogen (secondary N) is 1. The molecule has 0 aliphatic heterocycles. The fourth-order valence-electron chi connectivity index (χ4n) is 1.67. The van der Waals surface area contributed by atoms with Gasteiger partial charge in [-0.15, -0.1) is 0 Å². The molecule has 0 radical (unpaired) electrons. The van der Waals surface area contributed by atoms with Crippen molar-refractivity contribution in [2.75, 3.05) is 17.7 Å². The van der Waals surface area contributed by atoms with E-state index in [4.69, 9.17) is 22.1 Å². The fraction of sp³-hybridized carbons (Fsp3) is 0.133. The van der Waals surface area contributed by atoms with Gasteiger partial charge in [-0.2, -0.15) is 0 Å². The van der Waals surface area contributed by atoms with Gasteiger partial charge >= 0.3 is 0 Å². The second-order valence-electron chi connectivity index (χ2n) is 4.34. The van der Waals surface area contributed by atoms with Crippen LogP contribution >= 0.6 is 11.6 Å². The summed E-state index contributed by atoms with van der Waals surface area (Å²) >= 11 is 5.74. The van der Waals surface area contributed by atoms with E-state index < -0.39 is 5.82 Å². The number of carbonyl (C=O) groups excluding carboxylic acids is 1. The van der Waals surface area contributed by atoms with Gasteiger partial charge in [0.1, 0.15) is 11.6 Å². The lowest BCUT2D eigenvalue weighted by molar-refractivity contribution is -0.116. The fourth-order valence-corrected chi connectivity index (χ4v) is 1.84. The molecule has 0 heterocycles. The standard InChI is InChI=1S/C15H14ClFN2O2/c16-10-4-5-13(17)14(8-10)19-15(20)6-7-21-12-3-1-2-11(18)9-12/h1-5,8-9H,6-7,18H2,(H,19,20). The van der Waals surface area contributed by atoms with Gasteiger partial charge in [0.2, 0.25) is 5.91 Å². The van der Waals surface area contributed by atoms with Gasteiger partial charge in [-0.1, -0.05) is 17.7 Å². The lowest BCUT2D eigenvalue weighted by Gasteiger charge is -2.08. The first kappa shape index (κ1) is 15.1. The summed E-state index contributed by atoms with van der Waals surface area (Å²) in [6.45, 7) is 0.164. The zero-order valence-electron chi connectivity index (χ0n) is 11.1. The Morgan fingerprint density at radius 1 is 1.29 bits per heavy atom. The molecule has 0 aromatic heterocycles. The van der Waals surface area contributed by atoms with E-state index in [9.17, 15) is 9.18 Å². The Hall–Kier alpha value is -2.27. The third-order valence-electron chi connectivity index (χ3n) is 2.66. The van der Waals surface area contributed by atoms with Gasteiger partial charge in [0, 0.05) is 16.8 Å². The maximum absolute atomic E-state index is 13.4. The van der Waals surface area contributed by atoms with Crippen LogP contribution in [0.25, 0.3) is 0 Å². The quantitative estimate of drug-likeness (QED) is 0.831. The average molecular weight is 309 g/mol. The maximum Gasteiger partial charge on any atom is 0.227 e. The zero-order chi connectivity index (χ0) is 15.2. The number of halogens is 2. The predicted octanol–water partition coefficient (Wildman–Crippen LogP) is 3.47. The van der Waals surface area contributed by atoms with E-state index in [0.29, 0.717) is 16.5 Å². The highest BCUT2D eigenvalue weighted by molar-refractivity contribution is 6.30. The van der Waals surface area contributed by atoms with E-state index in [0.717, 1.165) is 0 Å². The molecule has 0 aliphatic carbocycles. The van der Waals surface area contributed by atoms with Gasteiger partial charge in [0.25, 0.3) is 0 Å². The number of nitrogens with two attached hydrogens (primary N) is 1. The summed E-state index contributed by atoms with van der Waals surface area (Å²) in [5.74, 6) is -0.318. The summed E-state index contributed by atoms with van der Waals surface area (Å²) in [5.41, 5.74) is 6.24. The van der Waals surface area contributed by atoms with Crippen LogP contribution in [0.2, 0.25) is 5.02 Å². The molecule has 0 aliphatic rings. The highest BCUT2D eigenvalue weighted by Crippen LogP contribution is 2.20. The minimum absolute atomic E-state index is 0.0523. The van der Waals surface area contributed by atoms with Gasteiger partial charge in [-0.05, 0) is 30.3 Å². The number of ether oxygens (including phenoxy) is 1. The minimum Gasteiger partial charge on any atom is -0.493 e. The van der Waals surface area contributed by atoms with Gasteiger partial charge in [-0.25, -0.2) is 4.39 Å². The molecule has 2 aromatic rings. The van der Waals surface area contributed by atoms with Crippen LogP contribution in [-0.4, -0.2) is 12.5 Å². The molecule has 21 heavy (non-hydrogen) atoms. The molecular formula is C15H14ClFN2O2. The van der Waals surface area contributed by atoms with E-state index in [1.807, 2.05) is 0 Å². The predicted molar refractivity (Wildman–Crippen MR) is 81.0 cm³/mol. The van der Waals surface area contributed by atoms with Gasteiger partial charge in [0.15, 0.2) is 0 Å². The van der Waals surface area contributed by atoms with Crippen molar-refractivity contribution in [3.8, 4) is 5.75 Å². The van der Waals surface area contributed by atoms with Crippen LogP contribution in [-0.2, 0) is 4.79 Å². The molecule has 1 amide bonds. The van der Waals surface area contributed by atoms with Crippen molar-refractivity contribution in [2.24, 2.45) is 0 Å². The van der Waals surface area contributed by atoms with Gasteiger partial charge in [0.05, 0.1) is 18.7 Å². The Kier molecular flexibility index (Phi) is 5.00. The topological polar surface area (TPSA) is 64.3 Å². The van der Waals surface area contributed by atoms with Crippen LogP contribution in [0.1, 0.15) is 6.42 Å². The number of rotatable bonds is 5. The van der Waals surface area contributed by atoms with Crippen molar-refractivity contribution in [3.63, 3.8) is 0 Å². The summed E-state index contributed by atoms with van der Waals surface area (Å²) in [6, 6.07) is 10.9. The lowest BCUT2D eigenvalue weighted by Crippen LogP contribution is -2.16. The maximum atomic E-state index is 13.4. The van der Waals surface area contributed by atoms with Crippen LogP contribution in [0.5, 0.6) is 5.75 Å². The Morgan fingerprint density at radius 2 is 2.10 bits per heavy atom. The second kappa shape index (κ2) is 6.95. The second-order valence-corrected chi connectivity index (χ2v) is 4.78. The van der Waals surface area contributed by atoms with E-state index in [-0.39, 0.29) is 24.6 Å². The van der Waals surface area contributed by atoms with E-state index in [2.05, 4.69) is 5.32 Å². The van der Waals surface area contributed by atoms with E-state index >= 15 is 0 Å². The van der Waals surface area contributed by atoms with E-state index in [1.165, 1.54) is 18.2 Å². The van der Waals surface area contributed by atoms with Crippen molar-refractivity contribution in [2.45, 2.75) is 6.42 Å². The zero-order valence-corrected chi connectivity index (χ0v) is 11.9. The van der Waals surface area contributed by atoms with Crippen LogP contribution in [0, 0.1) is 5.82 Å². The van der Waals surface area contributed by atoms with Crippen molar-refractivity contribution in [1.29, 1.82) is 0 Å². The number of anilines is 2. The normalized spacial score (nSPS) is 10.2. The first-order chi connectivity index (χ1) is 10.0. The summed E-state index contributed by atoms with van der Waals surface area (Å²) in [7, 11) is 0. The van der Waals surface area contributed by atoms with Gasteiger partial charge < -0.3 is 15.8 Å². The molecule has 0 saturated heterocycles. The largest absolute Gasteiger partial charge is 0.493 e. The summed E-state index contributed by atoms with van der Waals surface area (Å²) < 4.78 is 18.8. The highest BCUT2D eigenvalue weighted by Gasteiger charge is 2.08. The number of benzene rings is 2. The highest BCUT2D eigenvalue weighted by atomic mass is 35.5. The van der Waals surface area contributed by atoms with Crippen LogP contribution < -0.4 is 15.8 Å². The molecule has 0 unspecified atom stereocenters. The first-order valence-corrected chi connectivity index (χ1v) is 6.65. The summed E-state index contributed by atoms with van der Waals surface area (Å²) in [5, 5.41) is 2.80. The summed E-state index contributed by atoms with van der Waals surface area (Å²) in [4.78, 5) is 11.7. The third kappa shape index (κ3) is 4.65. The smallest absolute Gasteiger partial charge is 0.227 e. The summed E-state index contributed by atoms with van der Waals surface area (Å²) in [6.07, 6.45) is 0.0841. The SMILES string of the molecule is Nc1cccc(OCCC(=O)Nc2cc(Cl)ccc2F)c1. The molecule has 0 fully saturated rings. The molecule has 2 rings (SSSR count). The van der Waals surface area contributed by atoms with Crippen molar-refractivity contribution >= 4 is 28.9 Å². The molecule has 0 spiro atoms. The molecule has 6 heteroatoms. The molecule has 0 saturated carbocycles. The van der Waals surface area contributed by atoms with Gasteiger partial charge in [-0.3, -0.25) is 4.79 Å². The van der Waals surface area contributed by atoms with Crippen LogP contribution in [0.3, 0.4) is 0 Å². The molecule has 4 nitrogen and oxygen atoms in total. The molecule has 3 N–H and O–H groups in total. The first-order valence-electron chi connectivity index (χ1n) is 6.28. The molecule has 2 aromatic carbocycles. The molecule has 0 atom stereocenters. The number of hydrogen-bond donors (Lipinski definition) is 2. The number of hydrogen-bond acceptors (Lipinski definition) is 3. The molecular weight excluding hydrogens is 295 g/mol. The Bertz CT molecular complexity index is 649. The average Bonchev–Trinajstić information content (AvgIpc) is 2.43. The van der Waals surface area contributed by atoms with E-state index in [1.54, 1.807) is 24.3 Å². The number of amides is 1. The Balaban J connectivity index is 1.84. The number of nitrogen functional groups attached to an aromatic ring is 1. The lowest BCUT2D eigenvalue weighted by atomic mass is 10.3. The monoisotopic (exact) mass is 308 g/mol. The van der Waals surface area contributed by atoms with Crippen LogP contribution in [0.4, 0.5) is 15.8 Å². The Morgan fingerprint density at radius 3 is 2.86 bits per heavy atom. The molecule has 0 bridgehead atoms. The third-order valence-corrected chi connectivity index (χ3v) is 2.89. The van der Waals surface area contributed by atoms with Crippen molar-refractivity contribution in [3.05, 3.63) is 53.3 Å². The van der Waals surface area contributed by atoms with Crippen molar-refractivity contribution < 1.29 is 13.9 Å².